The molecule has 0 aliphatic heterocycles. The normalized spacial score (nSPS) is 11.5. The van der Waals surface area contributed by atoms with Crippen molar-refractivity contribution in [1.82, 2.24) is 10.6 Å². The zero-order chi connectivity index (χ0) is 13.4. The first kappa shape index (κ1) is 15.3. The summed E-state index contributed by atoms with van der Waals surface area (Å²) in [6.07, 6.45) is 1.19. The quantitative estimate of drug-likeness (QED) is 0.425. The van der Waals surface area contributed by atoms with Crippen molar-refractivity contribution in [2.24, 2.45) is 5.92 Å². The second-order valence-corrected chi connectivity index (χ2v) is 4.19. The molecule has 96 valence electrons. The van der Waals surface area contributed by atoms with E-state index in [0.717, 1.165) is 0 Å². The second kappa shape index (κ2) is 7.54. The van der Waals surface area contributed by atoms with Gasteiger partial charge in [-0.05, 0) is 26.2 Å². The van der Waals surface area contributed by atoms with Crippen molar-refractivity contribution in [3.63, 3.8) is 0 Å². The zero-order valence-corrected chi connectivity index (χ0v) is 10.5. The van der Waals surface area contributed by atoms with E-state index in [0.29, 0.717) is 19.3 Å². The monoisotopic (exact) mass is 240 g/mol. The number of hydrogen-bond donors (Lipinski definition) is 4. The summed E-state index contributed by atoms with van der Waals surface area (Å²) in [5.74, 6) is -0.0769. The molecule has 0 aromatic rings. The lowest BCUT2D eigenvalue weighted by molar-refractivity contribution is -0.122. The third kappa shape index (κ3) is 9.22. The van der Waals surface area contributed by atoms with Gasteiger partial charge in [0.2, 0.25) is 11.8 Å². The molecule has 6 nitrogen and oxygen atoms in total. The number of amides is 2. The number of amidine groups is 2. The maximum Gasteiger partial charge on any atom is 0.225 e. The molecule has 1 unspecified atom stereocenters. The second-order valence-electron chi connectivity index (χ2n) is 4.19. The van der Waals surface area contributed by atoms with Crippen LogP contribution < -0.4 is 10.6 Å². The van der Waals surface area contributed by atoms with Gasteiger partial charge in [0.05, 0.1) is 11.7 Å². The fraction of sp³-hybridized carbons (Fsp3) is 0.636. The van der Waals surface area contributed by atoms with Crippen molar-refractivity contribution in [3.8, 4) is 0 Å². The van der Waals surface area contributed by atoms with Crippen LogP contribution >= 0.6 is 0 Å². The van der Waals surface area contributed by atoms with Gasteiger partial charge >= 0.3 is 0 Å². The van der Waals surface area contributed by atoms with Crippen molar-refractivity contribution in [1.29, 1.82) is 10.8 Å². The van der Waals surface area contributed by atoms with Crippen molar-refractivity contribution in [2.45, 2.75) is 40.0 Å². The van der Waals surface area contributed by atoms with Crippen molar-refractivity contribution >= 4 is 23.5 Å². The average Bonchev–Trinajstić information content (AvgIpc) is 2.12. The van der Waals surface area contributed by atoms with Crippen LogP contribution in [0.25, 0.3) is 0 Å². The van der Waals surface area contributed by atoms with Crippen LogP contribution in [0.3, 0.4) is 0 Å². The summed E-state index contributed by atoms with van der Waals surface area (Å²) in [7, 11) is 0. The van der Waals surface area contributed by atoms with Crippen molar-refractivity contribution in [2.75, 3.05) is 0 Å². The molecule has 0 saturated heterocycles. The molecule has 0 spiro atoms. The van der Waals surface area contributed by atoms with E-state index in [1.807, 2.05) is 6.92 Å². The Balaban J connectivity index is 3.83. The Morgan fingerprint density at radius 3 is 2.00 bits per heavy atom. The number of hydrogen-bond acceptors (Lipinski definition) is 4. The SMILES string of the molecule is CC(=N)NC(=O)CCC(C)CC(=O)NC(C)=N. The first-order chi connectivity index (χ1) is 7.81. The van der Waals surface area contributed by atoms with E-state index in [1.54, 1.807) is 0 Å². The van der Waals surface area contributed by atoms with E-state index >= 15 is 0 Å². The zero-order valence-electron chi connectivity index (χ0n) is 10.5. The topological polar surface area (TPSA) is 106 Å². The van der Waals surface area contributed by atoms with Gasteiger partial charge in [0.15, 0.2) is 0 Å². The molecule has 0 fully saturated rings. The molecule has 0 saturated carbocycles. The number of rotatable bonds is 5. The van der Waals surface area contributed by atoms with E-state index in [2.05, 4.69) is 10.6 Å². The number of carbonyl (C=O) groups excluding carboxylic acids is 2. The molecular formula is C11H20N4O2. The van der Waals surface area contributed by atoms with Crippen LogP contribution in [0.5, 0.6) is 0 Å². The lowest BCUT2D eigenvalue weighted by atomic mass is 10.0. The van der Waals surface area contributed by atoms with Crippen molar-refractivity contribution < 1.29 is 9.59 Å². The first-order valence-electron chi connectivity index (χ1n) is 5.51. The molecule has 0 heterocycles. The molecule has 0 aromatic heterocycles. The van der Waals surface area contributed by atoms with Crippen LogP contribution in [0.15, 0.2) is 0 Å². The van der Waals surface area contributed by atoms with Gasteiger partial charge in [-0.25, -0.2) is 0 Å². The number of nitrogens with one attached hydrogen (secondary N) is 4. The molecule has 0 aliphatic carbocycles. The van der Waals surface area contributed by atoms with Gasteiger partial charge in [-0.2, -0.15) is 0 Å². The highest BCUT2D eigenvalue weighted by Crippen LogP contribution is 2.09. The minimum atomic E-state index is -0.201. The molecule has 0 bridgehead atoms. The van der Waals surface area contributed by atoms with E-state index in [1.165, 1.54) is 13.8 Å². The Morgan fingerprint density at radius 2 is 1.53 bits per heavy atom. The molecule has 6 heteroatoms. The lowest BCUT2D eigenvalue weighted by Gasteiger charge is -2.10. The summed E-state index contributed by atoms with van der Waals surface area (Å²) in [6.45, 7) is 4.88. The Bertz CT molecular complexity index is 325. The largest absolute Gasteiger partial charge is 0.315 e. The highest BCUT2D eigenvalue weighted by atomic mass is 16.2. The van der Waals surface area contributed by atoms with Crippen LogP contribution in [0.4, 0.5) is 0 Å². The first-order valence-corrected chi connectivity index (χ1v) is 5.51. The highest BCUT2D eigenvalue weighted by Gasteiger charge is 2.11. The Morgan fingerprint density at radius 1 is 1.06 bits per heavy atom. The summed E-state index contributed by atoms with van der Waals surface area (Å²) in [4.78, 5) is 22.5. The van der Waals surface area contributed by atoms with E-state index in [-0.39, 0.29) is 29.4 Å². The number of carbonyl (C=O) groups is 2. The molecule has 2 amide bonds. The lowest BCUT2D eigenvalue weighted by Crippen LogP contribution is -2.30. The van der Waals surface area contributed by atoms with Gasteiger partial charge in [-0.1, -0.05) is 6.92 Å². The minimum Gasteiger partial charge on any atom is -0.315 e. The van der Waals surface area contributed by atoms with E-state index < -0.39 is 0 Å². The Kier molecular flexibility index (Phi) is 6.77. The summed E-state index contributed by atoms with van der Waals surface area (Å²) in [5, 5.41) is 19.0. The molecule has 4 N–H and O–H groups in total. The van der Waals surface area contributed by atoms with Crippen molar-refractivity contribution in [3.05, 3.63) is 0 Å². The molecule has 17 heavy (non-hydrogen) atoms. The van der Waals surface area contributed by atoms with E-state index in [9.17, 15) is 9.59 Å². The van der Waals surface area contributed by atoms with Crippen LogP contribution in [0, 0.1) is 16.7 Å². The third-order valence-electron chi connectivity index (χ3n) is 2.05. The van der Waals surface area contributed by atoms with Gasteiger partial charge in [0.1, 0.15) is 0 Å². The fourth-order valence-electron chi connectivity index (χ4n) is 1.33. The summed E-state index contributed by atoms with van der Waals surface area (Å²) in [5.41, 5.74) is 0. The molecule has 0 aromatic carbocycles. The molecule has 0 radical (unpaired) electrons. The Hall–Kier alpha value is -1.72. The van der Waals surface area contributed by atoms with Crippen LogP contribution in [0.1, 0.15) is 40.0 Å². The maximum atomic E-state index is 11.3. The molecule has 0 rings (SSSR count). The summed E-state index contributed by atoms with van der Waals surface area (Å²) < 4.78 is 0. The summed E-state index contributed by atoms with van der Waals surface area (Å²) >= 11 is 0. The highest BCUT2D eigenvalue weighted by molar-refractivity contribution is 5.96. The van der Waals surface area contributed by atoms with E-state index in [4.69, 9.17) is 10.8 Å². The van der Waals surface area contributed by atoms with Crippen LogP contribution in [0.2, 0.25) is 0 Å². The minimum absolute atomic E-state index is 0.0751. The van der Waals surface area contributed by atoms with Gasteiger partial charge in [-0.15, -0.1) is 0 Å². The third-order valence-corrected chi connectivity index (χ3v) is 2.05. The van der Waals surface area contributed by atoms with Gasteiger partial charge in [0, 0.05) is 12.8 Å². The average molecular weight is 240 g/mol. The predicted molar refractivity (Wildman–Crippen MR) is 66.1 cm³/mol. The predicted octanol–water partition coefficient (Wildman–Crippen LogP) is 1.02. The smallest absolute Gasteiger partial charge is 0.225 e. The van der Waals surface area contributed by atoms with Crippen LogP contribution in [-0.2, 0) is 9.59 Å². The van der Waals surface area contributed by atoms with Gasteiger partial charge in [0.25, 0.3) is 0 Å². The summed E-state index contributed by atoms with van der Waals surface area (Å²) in [6, 6.07) is 0. The van der Waals surface area contributed by atoms with Gasteiger partial charge < -0.3 is 10.6 Å². The molecule has 0 aliphatic rings. The maximum absolute atomic E-state index is 11.3. The van der Waals surface area contributed by atoms with Gasteiger partial charge in [-0.3, -0.25) is 20.4 Å². The standard InChI is InChI=1S/C11H20N4O2/c1-7(6-11(17)15-9(3)13)4-5-10(16)14-8(2)12/h7H,4-6H2,1-3H3,(H2,12,14,16)(H2,13,15,17). The Labute approximate surface area is 101 Å². The molecular weight excluding hydrogens is 220 g/mol. The van der Waals surface area contributed by atoms with Crippen LogP contribution in [-0.4, -0.2) is 23.5 Å². The fourth-order valence-corrected chi connectivity index (χ4v) is 1.33. The molecule has 1 atom stereocenters.